The number of halogens is 2. The molecule has 0 aliphatic rings. The minimum atomic E-state index is 0.659. The average molecular weight is 335 g/mol. The van der Waals surface area contributed by atoms with Crippen LogP contribution in [-0.2, 0) is 0 Å². The molecule has 3 aromatic rings. The Morgan fingerprint density at radius 1 is 1.05 bits per heavy atom. The fourth-order valence-electron chi connectivity index (χ4n) is 1.89. The summed E-state index contributed by atoms with van der Waals surface area (Å²) >= 11 is 9.52. The second kappa shape index (κ2) is 5.15. The molecule has 5 heteroatoms. The average Bonchev–Trinajstić information content (AvgIpc) is 2.88. The lowest BCUT2D eigenvalue weighted by Gasteiger charge is -2.07. The molecule has 0 bridgehead atoms. The van der Waals surface area contributed by atoms with Crippen LogP contribution in [0.3, 0.4) is 0 Å². The molecule has 3 nitrogen and oxygen atoms in total. The zero-order valence-electron chi connectivity index (χ0n) is 9.79. The largest absolute Gasteiger partial charge is 0.282 e. The number of hydrogen-bond acceptors (Lipinski definition) is 2. The van der Waals surface area contributed by atoms with Gasteiger partial charge in [-0.25, -0.2) is 0 Å². The highest BCUT2D eigenvalue weighted by Gasteiger charge is 2.10. The number of nitrogens with zero attached hydrogens (tertiary/aromatic N) is 3. The Balaban J connectivity index is 2.15. The van der Waals surface area contributed by atoms with Crippen LogP contribution in [0.25, 0.3) is 17.1 Å². The molecule has 2 aromatic carbocycles. The quantitative estimate of drug-likeness (QED) is 0.697. The molecule has 1 heterocycles. The lowest BCUT2D eigenvalue weighted by molar-refractivity contribution is 1.06. The van der Waals surface area contributed by atoms with E-state index in [-0.39, 0.29) is 0 Å². The second-order valence-electron chi connectivity index (χ2n) is 4.02. The Kier molecular flexibility index (Phi) is 3.36. The first-order valence-electron chi connectivity index (χ1n) is 5.66. The number of aromatic nitrogens is 3. The Morgan fingerprint density at radius 2 is 1.84 bits per heavy atom. The fourth-order valence-corrected chi connectivity index (χ4v) is 2.75. The van der Waals surface area contributed by atoms with Gasteiger partial charge in [-0.1, -0.05) is 45.7 Å². The lowest BCUT2D eigenvalue weighted by Crippen LogP contribution is -1.95. The number of para-hydroxylation sites is 1. The van der Waals surface area contributed by atoms with Crippen molar-refractivity contribution in [3.63, 3.8) is 0 Å². The fraction of sp³-hybridized carbons (Fsp3) is 0. The molecule has 0 aliphatic heterocycles. The number of rotatable bonds is 2. The van der Waals surface area contributed by atoms with Crippen molar-refractivity contribution in [2.24, 2.45) is 0 Å². The molecule has 0 spiro atoms. The maximum atomic E-state index is 6.08. The van der Waals surface area contributed by atoms with Crippen molar-refractivity contribution in [3.8, 4) is 17.1 Å². The minimum absolute atomic E-state index is 0.659. The van der Waals surface area contributed by atoms with E-state index in [0.717, 1.165) is 21.5 Å². The minimum Gasteiger partial charge on any atom is -0.282 e. The van der Waals surface area contributed by atoms with E-state index in [1.807, 2.05) is 53.1 Å². The first-order chi connectivity index (χ1) is 9.24. The van der Waals surface area contributed by atoms with Gasteiger partial charge >= 0.3 is 0 Å². The zero-order chi connectivity index (χ0) is 13.2. The molecule has 0 N–H and O–H groups in total. The molecule has 0 fully saturated rings. The first-order valence-corrected chi connectivity index (χ1v) is 6.83. The van der Waals surface area contributed by atoms with E-state index < -0.39 is 0 Å². The smallest absolute Gasteiger partial charge is 0.168 e. The van der Waals surface area contributed by atoms with Gasteiger partial charge in [-0.15, -0.1) is 10.2 Å². The van der Waals surface area contributed by atoms with Crippen molar-refractivity contribution in [2.75, 3.05) is 0 Å². The van der Waals surface area contributed by atoms with Gasteiger partial charge in [-0.3, -0.25) is 4.57 Å². The molecule has 19 heavy (non-hydrogen) atoms. The molecule has 1 aromatic heterocycles. The van der Waals surface area contributed by atoms with Crippen LogP contribution in [0.15, 0.2) is 59.3 Å². The number of hydrogen-bond donors (Lipinski definition) is 0. The summed E-state index contributed by atoms with van der Waals surface area (Å²) in [7, 11) is 0. The molecule has 0 atom stereocenters. The lowest BCUT2D eigenvalue weighted by atomic mass is 10.2. The molecule has 3 rings (SSSR count). The van der Waals surface area contributed by atoms with Gasteiger partial charge in [0.25, 0.3) is 0 Å². The van der Waals surface area contributed by atoms with Crippen molar-refractivity contribution in [3.05, 3.63) is 64.4 Å². The molecule has 0 aliphatic carbocycles. The van der Waals surface area contributed by atoms with Gasteiger partial charge in [0.2, 0.25) is 0 Å². The van der Waals surface area contributed by atoms with Crippen molar-refractivity contribution in [2.45, 2.75) is 0 Å². The highest BCUT2D eigenvalue weighted by molar-refractivity contribution is 9.10. The van der Waals surface area contributed by atoms with Crippen molar-refractivity contribution >= 4 is 27.5 Å². The normalized spacial score (nSPS) is 10.6. The van der Waals surface area contributed by atoms with Crippen LogP contribution in [-0.4, -0.2) is 14.8 Å². The summed E-state index contributed by atoms with van der Waals surface area (Å²) in [5.74, 6) is 0.759. The van der Waals surface area contributed by atoms with E-state index in [1.54, 1.807) is 6.33 Å². The summed E-state index contributed by atoms with van der Waals surface area (Å²) in [6.45, 7) is 0. The predicted octanol–water partition coefficient (Wildman–Crippen LogP) is 4.35. The maximum Gasteiger partial charge on any atom is 0.168 e. The Hall–Kier alpha value is -1.65. The van der Waals surface area contributed by atoms with E-state index in [1.165, 1.54) is 0 Å². The van der Waals surface area contributed by atoms with Gasteiger partial charge in [0.15, 0.2) is 5.82 Å². The standard InChI is InChI=1S/C14H9BrClN3/c15-11-6-10(7-12(16)8-11)14-18-17-9-19(14)13-4-2-1-3-5-13/h1-9H. The molecule has 94 valence electrons. The molecule has 0 amide bonds. The molecular weight excluding hydrogens is 326 g/mol. The zero-order valence-corrected chi connectivity index (χ0v) is 12.1. The third-order valence-corrected chi connectivity index (χ3v) is 3.38. The van der Waals surface area contributed by atoms with E-state index in [2.05, 4.69) is 26.1 Å². The van der Waals surface area contributed by atoms with Gasteiger partial charge in [0.1, 0.15) is 6.33 Å². The van der Waals surface area contributed by atoms with Crippen LogP contribution in [0, 0.1) is 0 Å². The SMILES string of the molecule is Clc1cc(Br)cc(-c2nncn2-c2ccccc2)c1. The van der Waals surface area contributed by atoms with Crippen LogP contribution < -0.4 is 0 Å². The predicted molar refractivity (Wildman–Crippen MR) is 79.5 cm³/mol. The Labute approximate surface area is 124 Å². The second-order valence-corrected chi connectivity index (χ2v) is 5.37. The van der Waals surface area contributed by atoms with E-state index in [0.29, 0.717) is 5.02 Å². The topological polar surface area (TPSA) is 30.7 Å². The van der Waals surface area contributed by atoms with Crippen molar-refractivity contribution in [1.29, 1.82) is 0 Å². The van der Waals surface area contributed by atoms with Gasteiger partial charge < -0.3 is 0 Å². The highest BCUT2D eigenvalue weighted by atomic mass is 79.9. The van der Waals surface area contributed by atoms with Crippen LogP contribution in [0.2, 0.25) is 5.02 Å². The number of benzene rings is 2. The summed E-state index contributed by atoms with van der Waals surface area (Å²) in [6, 6.07) is 15.6. The summed E-state index contributed by atoms with van der Waals surface area (Å²) in [5.41, 5.74) is 1.93. The van der Waals surface area contributed by atoms with Crippen LogP contribution in [0.5, 0.6) is 0 Å². The van der Waals surface area contributed by atoms with Gasteiger partial charge in [0, 0.05) is 20.7 Å². The van der Waals surface area contributed by atoms with Crippen LogP contribution >= 0.6 is 27.5 Å². The van der Waals surface area contributed by atoms with Crippen LogP contribution in [0.1, 0.15) is 0 Å². The third-order valence-electron chi connectivity index (χ3n) is 2.70. The van der Waals surface area contributed by atoms with Gasteiger partial charge in [0.05, 0.1) is 0 Å². The van der Waals surface area contributed by atoms with E-state index >= 15 is 0 Å². The molecule has 0 saturated heterocycles. The molecule has 0 unspecified atom stereocenters. The summed E-state index contributed by atoms with van der Waals surface area (Å²) in [4.78, 5) is 0. The van der Waals surface area contributed by atoms with Gasteiger partial charge in [-0.05, 0) is 30.3 Å². The summed E-state index contributed by atoms with van der Waals surface area (Å²) < 4.78 is 2.84. The van der Waals surface area contributed by atoms with Crippen molar-refractivity contribution in [1.82, 2.24) is 14.8 Å². The Bertz CT molecular complexity index is 689. The highest BCUT2D eigenvalue weighted by Crippen LogP contribution is 2.27. The van der Waals surface area contributed by atoms with E-state index in [9.17, 15) is 0 Å². The monoisotopic (exact) mass is 333 g/mol. The van der Waals surface area contributed by atoms with E-state index in [4.69, 9.17) is 11.6 Å². The summed E-state index contributed by atoms with van der Waals surface area (Å²) in [5, 5.41) is 8.83. The van der Waals surface area contributed by atoms with Crippen molar-refractivity contribution < 1.29 is 0 Å². The Morgan fingerprint density at radius 3 is 2.58 bits per heavy atom. The molecule has 0 radical (unpaired) electrons. The first kappa shape index (κ1) is 12.4. The molecular formula is C14H9BrClN3. The third kappa shape index (κ3) is 2.55. The maximum absolute atomic E-state index is 6.08. The molecule has 0 saturated carbocycles. The summed E-state index contributed by atoms with van der Waals surface area (Å²) in [6.07, 6.45) is 1.69. The van der Waals surface area contributed by atoms with Gasteiger partial charge in [-0.2, -0.15) is 0 Å². The van der Waals surface area contributed by atoms with Crippen LogP contribution in [0.4, 0.5) is 0 Å².